The maximum absolute atomic E-state index is 14.5. The largest absolute Gasteiger partial charge is 0.480 e. The number of halogens is 1. The molecule has 1 saturated heterocycles. The van der Waals surface area contributed by atoms with Crippen molar-refractivity contribution in [1.29, 1.82) is 0 Å². The summed E-state index contributed by atoms with van der Waals surface area (Å²) in [5.41, 5.74) is 2.62. The van der Waals surface area contributed by atoms with Crippen molar-refractivity contribution in [2.75, 3.05) is 25.5 Å². The molecule has 10 heteroatoms. The van der Waals surface area contributed by atoms with Gasteiger partial charge in [0.25, 0.3) is 0 Å². The summed E-state index contributed by atoms with van der Waals surface area (Å²) < 4.78 is 21.8. The number of fused-ring (bicyclic) bond motifs is 2. The van der Waals surface area contributed by atoms with E-state index in [0.717, 1.165) is 44.3 Å². The molecule has 4 aromatic rings. The van der Waals surface area contributed by atoms with Gasteiger partial charge < -0.3 is 24.3 Å². The highest BCUT2D eigenvalue weighted by Crippen LogP contribution is 2.44. The van der Waals surface area contributed by atoms with Crippen molar-refractivity contribution in [3.63, 3.8) is 0 Å². The van der Waals surface area contributed by atoms with Gasteiger partial charge in [0.2, 0.25) is 17.7 Å². The first kappa shape index (κ1) is 20.9. The number of likely N-dealkylation sites (tertiary alicyclic amines) is 1. The number of hydrogen-bond acceptors (Lipinski definition) is 6. The second-order valence-corrected chi connectivity index (χ2v) is 9.51. The van der Waals surface area contributed by atoms with Crippen molar-refractivity contribution in [2.24, 2.45) is 5.41 Å². The number of rotatable bonds is 4. The zero-order chi connectivity index (χ0) is 23.4. The van der Waals surface area contributed by atoms with Crippen LogP contribution in [0, 0.1) is 11.2 Å². The summed E-state index contributed by atoms with van der Waals surface area (Å²) in [4.78, 5) is 30.0. The minimum absolute atomic E-state index is 0.165. The Bertz CT molecular complexity index is 1400. The number of aromatic nitrogens is 5. The van der Waals surface area contributed by atoms with E-state index in [-0.39, 0.29) is 23.0 Å². The second kappa shape index (κ2) is 7.68. The van der Waals surface area contributed by atoms with Crippen LogP contribution in [0.3, 0.4) is 0 Å². The van der Waals surface area contributed by atoms with Gasteiger partial charge in [-0.25, -0.2) is 9.37 Å². The van der Waals surface area contributed by atoms with Crippen molar-refractivity contribution in [3.05, 3.63) is 36.7 Å². The topological polar surface area (TPSA) is 100 Å². The van der Waals surface area contributed by atoms with Crippen LogP contribution in [0.5, 0.6) is 5.88 Å². The molecular formula is C24H26FN7O2. The molecule has 34 heavy (non-hydrogen) atoms. The summed E-state index contributed by atoms with van der Waals surface area (Å²) in [5, 5.41) is 4.17. The normalized spacial score (nSPS) is 17.9. The van der Waals surface area contributed by atoms with E-state index < -0.39 is 5.82 Å². The average Bonchev–Trinajstić information content (AvgIpc) is 3.45. The van der Waals surface area contributed by atoms with E-state index in [1.54, 1.807) is 37.0 Å². The van der Waals surface area contributed by atoms with Gasteiger partial charge in [0.1, 0.15) is 5.65 Å². The van der Waals surface area contributed by atoms with Crippen molar-refractivity contribution in [3.8, 4) is 17.0 Å². The van der Waals surface area contributed by atoms with Gasteiger partial charge in [-0.3, -0.25) is 4.79 Å². The maximum atomic E-state index is 14.5. The number of amides is 1. The smallest absolute Gasteiger partial charge is 0.228 e. The number of H-pyrrole nitrogens is 1. The summed E-state index contributed by atoms with van der Waals surface area (Å²) in [6, 6.07) is 1.73. The second-order valence-electron chi connectivity index (χ2n) is 9.51. The monoisotopic (exact) mass is 463 g/mol. The molecule has 0 unspecified atom stereocenters. The number of anilines is 1. The molecule has 2 N–H and O–H groups in total. The molecule has 1 aliphatic heterocycles. The van der Waals surface area contributed by atoms with Crippen LogP contribution in [-0.4, -0.2) is 61.4 Å². The Balaban J connectivity index is 1.24. The Hall–Kier alpha value is -3.69. The molecule has 1 spiro atoms. The molecule has 1 amide bonds. The highest BCUT2D eigenvalue weighted by molar-refractivity contribution is 5.97. The van der Waals surface area contributed by atoms with Crippen LogP contribution in [0.1, 0.15) is 32.6 Å². The quantitative estimate of drug-likeness (QED) is 0.480. The molecule has 0 bridgehead atoms. The third-order valence-corrected chi connectivity index (χ3v) is 7.32. The lowest BCUT2D eigenvalue weighted by atomic mass is 9.67. The summed E-state index contributed by atoms with van der Waals surface area (Å²) in [6.07, 6.45) is 11.1. The number of hydrogen-bond donors (Lipinski definition) is 2. The number of methoxy groups -OCH3 is 1. The molecule has 1 saturated carbocycles. The van der Waals surface area contributed by atoms with Crippen LogP contribution >= 0.6 is 0 Å². The summed E-state index contributed by atoms with van der Waals surface area (Å²) in [6.45, 7) is 3.39. The van der Waals surface area contributed by atoms with Crippen molar-refractivity contribution >= 4 is 28.5 Å². The highest BCUT2D eigenvalue weighted by Gasteiger charge is 2.46. The number of ether oxygens (including phenoxy) is 1. The average molecular weight is 464 g/mol. The van der Waals surface area contributed by atoms with Crippen LogP contribution in [0.4, 0.5) is 10.3 Å². The first-order chi connectivity index (χ1) is 16.4. The number of imidazole rings is 1. The van der Waals surface area contributed by atoms with E-state index >= 15 is 0 Å². The van der Waals surface area contributed by atoms with Gasteiger partial charge in [-0.2, -0.15) is 9.97 Å². The van der Waals surface area contributed by atoms with Crippen molar-refractivity contribution < 1.29 is 13.9 Å². The van der Waals surface area contributed by atoms with Gasteiger partial charge in [-0.05, 0) is 31.7 Å². The van der Waals surface area contributed by atoms with Crippen LogP contribution in [-0.2, 0) is 4.79 Å². The summed E-state index contributed by atoms with van der Waals surface area (Å²) in [5.74, 6) is 0.702. The molecule has 9 nitrogen and oxygen atoms in total. The molecule has 0 atom stereocenters. The number of aromatic amines is 1. The number of pyridine rings is 1. The molecule has 6 rings (SSSR count). The minimum atomic E-state index is -0.400. The van der Waals surface area contributed by atoms with Crippen LogP contribution in [0.2, 0.25) is 0 Å². The van der Waals surface area contributed by atoms with E-state index in [4.69, 9.17) is 4.74 Å². The predicted molar refractivity (Wildman–Crippen MR) is 125 cm³/mol. The van der Waals surface area contributed by atoms with E-state index in [2.05, 4.69) is 25.3 Å². The zero-order valence-electron chi connectivity index (χ0n) is 19.1. The third kappa shape index (κ3) is 3.36. The molecule has 5 heterocycles. The van der Waals surface area contributed by atoms with Gasteiger partial charge in [-0.15, -0.1) is 0 Å². The fraction of sp³-hybridized carbons (Fsp3) is 0.417. The molecular weight excluding hydrogens is 437 g/mol. The Kier molecular flexibility index (Phi) is 4.72. The standard InChI is InChI=1S/C24H26FN7O2/c1-14(33)32-12-24(13-32)5-3-16(4-6-24)28-23-29-20-19(22(30-23)34-2)17(10-27-20)15-9-18(25)21-26-7-8-31(21)11-15/h7-11,16H,3-6,12-13H2,1-2H3,(H2,27,28,29,30). The van der Waals surface area contributed by atoms with Crippen LogP contribution in [0.15, 0.2) is 30.9 Å². The van der Waals surface area contributed by atoms with Gasteiger partial charge in [0.05, 0.1) is 12.5 Å². The summed E-state index contributed by atoms with van der Waals surface area (Å²) in [7, 11) is 1.57. The lowest BCUT2D eigenvalue weighted by Gasteiger charge is -2.53. The van der Waals surface area contributed by atoms with Crippen LogP contribution in [0.25, 0.3) is 27.8 Å². The number of nitrogens with one attached hydrogen (secondary N) is 2. The molecule has 2 fully saturated rings. The Labute approximate surface area is 195 Å². The lowest BCUT2D eigenvalue weighted by molar-refractivity contribution is -0.143. The number of carbonyl (C=O) groups is 1. The molecule has 2 aliphatic rings. The van der Waals surface area contributed by atoms with Gasteiger partial charge in [0, 0.05) is 67.4 Å². The Morgan fingerprint density at radius 3 is 2.82 bits per heavy atom. The fourth-order valence-electron chi connectivity index (χ4n) is 5.44. The highest BCUT2D eigenvalue weighted by atomic mass is 19.1. The van der Waals surface area contributed by atoms with Gasteiger partial charge in [0.15, 0.2) is 11.5 Å². The van der Waals surface area contributed by atoms with Gasteiger partial charge in [-0.1, -0.05) is 0 Å². The Morgan fingerprint density at radius 2 is 2.09 bits per heavy atom. The van der Waals surface area contributed by atoms with Crippen molar-refractivity contribution in [1.82, 2.24) is 29.2 Å². The molecule has 4 aromatic heterocycles. The first-order valence-corrected chi connectivity index (χ1v) is 11.5. The zero-order valence-corrected chi connectivity index (χ0v) is 19.1. The predicted octanol–water partition coefficient (Wildman–Crippen LogP) is 3.62. The minimum Gasteiger partial charge on any atom is -0.480 e. The SMILES string of the molecule is COc1nc(NC2CCC3(CC2)CN(C(C)=O)C3)nc2[nH]cc(-c3cc(F)c4nccn4c3)c12. The van der Waals surface area contributed by atoms with E-state index in [1.807, 2.05) is 11.1 Å². The molecule has 176 valence electrons. The van der Waals surface area contributed by atoms with Gasteiger partial charge >= 0.3 is 0 Å². The molecule has 0 radical (unpaired) electrons. The summed E-state index contributed by atoms with van der Waals surface area (Å²) >= 11 is 0. The van der Waals surface area contributed by atoms with Crippen LogP contribution < -0.4 is 10.1 Å². The number of carbonyl (C=O) groups excluding carboxylic acids is 1. The first-order valence-electron chi connectivity index (χ1n) is 11.5. The molecule has 1 aliphatic carbocycles. The fourth-order valence-corrected chi connectivity index (χ4v) is 5.44. The number of nitrogens with zero attached hydrogens (tertiary/aromatic N) is 5. The Morgan fingerprint density at radius 1 is 1.29 bits per heavy atom. The van der Waals surface area contributed by atoms with E-state index in [0.29, 0.717) is 28.4 Å². The third-order valence-electron chi connectivity index (χ3n) is 7.32. The van der Waals surface area contributed by atoms with Crippen molar-refractivity contribution in [2.45, 2.75) is 38.6 Å². The van der Waals surface area contributed by atoms with E-state index in [9.17, 15) is 9.18 Å². The lowest BCUT2D eigenvalue weighted by Crippen LogP contribution is -2.59. The molecule has 0 aromatic carbocycles. The van der Waals surface area contributed by atoms with E-state index in [1.165, 1.54) is 6.07 Å². The maximum Gasteiger partial charge on any atom is 0.228 e.